The van der Waals surface area contributed by atoms with Crippen molar-refractivity contribution < 1.29 is 28.5 Å². The molecule has 29 heavy (non-hydrogen) atoms. The van der Waals surface area contributed by atoms with E-state index in [0.29, 0.717) is 13.0 Å². The molecule has 7 heteroatoms. The molecule has 0 fully saturated rings. The topological polar surface area (TPSA) is 74.2 Å². The highest BCUT2D eigenvalue weighted by molar-refractivity contribution is 6.74. The van der Waals surface area contributed by atoms with E-state index in [1.54, 1.807) is 13.2 Å². The van der Waals surface area contributed by atoms with Gasteiger partial charge in [-0.2, -0.15) is 0 Å². The highest BCUT2D eigenvalue weighted by Gasteiger charge is 2.39. The summed E-state index contributed by atoms with van der Waals surface area (Å²) in [5, 5.41) is 10.5. The number of carbonyl (C=O) groups is 1. The van der Waals surface area contributed by atoms with Crippen molar-refractivity contribution in [1.29, 1.82) is 0 Å². The van der Waals surface area contributed by atoms with Gasteiger partial charge in [0.2, 0.25) is 0 Å². The largest absolute Gasteiger partial charge is 0.497 e. The molecule has 0 unspecified atom stereocenters. The first kappa shape index (κ1) is 25.4. The summed E-state index contributed by atoms with van der Waals surface area (Å²) in [5.74, 6) is 0.343. The maximum Gasteiger partial charge on any atom is 0.330 e. The fraction of sp³-hybridized carbons (Fsp3) is 0.591. The normalized spacial score (nSPS) is 14.6. The molecule has 0 aliphatic carbocycles. The second-order valence-electron chi connectivity index (χ2n) is 8.55. The van der Waals surface area contributed by atoms with Crippen LogP contribution in [-0.2, 0) is 25.3 Å². The lowest BCUT2D eigenvalue weighted by molar-refractivity contribution is -0.134. The van der Waals surface area contributed by atoms with E-state index in [2.05, 4.69) is 38.6 Å². The smallest absolute Gasteiger partial charge is 0.330 e. The van der Waals surface area contributed by atoms with Crippen LogP contribution < -0.4 is 4.74 Å². The van der Waals surface area contributed by atoms with Gasteiger partial charge in [-0.1, -0.05) is 32.9 Å². The summed E-state index contributed by atoms with van der Waals surface area (Å²) in [4.78, 5) is 11.5. The standard InChI is InChI=1S/C22H36O6Si/c1-22(2,3)29(6,7)28-20(12-13-21(24)26-5)14-18(23)16-27-15-17-8-10-19(25-4)11-9-17/h8-13,18,20,23H,14-16H2,1-7H3/b13-12-/t18-,20+/m1/s1. The minimum absolute atomic E-state index is 0.0141. The Kier molecular flexibility index (Phi) is 10.1. The summed E-state index contributed by atoms with van der Waals surface area (Å²) in [5.41, 5.74) is 0.998. The van der Waals surface area contributed by atoms with Gasteiger partial charge in [-0.05, 0) is 41.9 Å². The second kappa shape index (κ2) is 11.5. The number of benzene rings is 1. The quantitative estimate of drug-likeness (QED) is 0.328. The SMILES string of the molecule is COC(=O)/C=C\[C@@H](C[C@@H](O)COCc1ccc(OC)cc1)O[Si](C)(C)C(C)(C)C. The van der Waals surface area contributed by atoms with E-state index in [1.807, 2.05) is 24.3 Å². The van der Waals surface area contributed by atoms with Crippen LogP contribution in [0.1, 0.15) is 32.8 Å². The van der Waals surface area contributed by atoms with Crippen LogP contribution in [-0.4, -0.2) is 52.4 Å². The van der Waals surface area contributed by atoms with Crippen LogP contribution in [0.15, 0.2) is 36.4 Å². The monoisotopic (exact) mass is 424 g/mol. The summed E-state index contributed by atoms with van der Waals surface area (Å²) in [6.45, 7) is 11.3. The number of hydrogen-bond acceptors (Lipinski definition) is 6. The fourth-order valence-corrected chi connectivity index (χ4v) is 3.63. The van der Waals surface area contributed by atoms with Gasteiger partial charge in [0.25, 0.3) is 0 Å². The highest BCUT2D eigenvalue weighted by Crippen LogP contribution is 2.37. The van der Waals surface area contributed by atoms with Gasteiger partial charge in [-0.3, -0.25) is 0 Å². The molecule has 1 aromatic carbocycles. The Labute approximate surface area is 175 Å². The Morgan fingerprint density at radius 2 is 1.79 bits per heavy atom. The Bertz CT molecular complexity index is 648. The van der Waals surface area contributed by atoms with Gasteiger partial charge in [0, 0.05) is 12.5 Å². The number of esters is 1. The molecule has 0 bridgehead atoms. The molecule has 0 aliphatic rings. The van der Waals surface area contributed by atoms with E-state index in [1.165, 1.54) is 13.2 Å². The molecule has 0 radical (unpaired) electrons. The summed E-state index contributed by atoms with van der Waals surface area (Å²) >= 11 is 0. The van der Waals surface area contributed by atoms with Gasteiger partial charge < -0.3 is 23.7 Å². The Morgan fingerprint density at radius 3 is 2.31 bits per heavy atom. The number of methoxy groups -OCH3 is 2. The number of carbonyl (C=O) groups excluding carboxylic acids is 1. The average molecular weight is 425 g/mol. The van der Waals surface area contributed by atoms with Gasteiger partial charge in [-0.15, -0.1) is 0 Å². The number of aliphatic hydroxyl groups is 1. The van der Waals surface area contributed by atoms with Crippen molar-refractivity contribution in [1.82, 2.24) is 0 Å². The molecule has 1 N–H and O–H groups in total. The Balaban J connectivity index is 2.65. The van der Waals surface area contributed by atoms with Gasteiger partial charge >= 0.3 is 5.97 Å². The molecule has 1 rings (SSSR count). The van der Waals surface area contributed by atoms with Gasteiger partial charge in [-0.25, -0.2) is 4.79 Å². The number of ether oxygens (including phenoxy) is 3. The third kappa shape index (κ3) is 9.12. The molecular weight excluding hydrogens is 388 g/mol. The van der Waals surface area contributed by atoms with E-state index in [4.69, 9.17) is 13.9 Å². The molecular formula is C22H36O6Si. The summed E-state index contributed by atoms with van der Waals surface area (Å²) < 4.78 is 21.8. The van der Waals surface area contributed by atoms with E-state index < -0.39 is 26.5 Å². The zero-order valence-electron chi connectivity index (χ0n) is 18.7. The molecule has 6 nitrogen and oxygen atoms in total. The first-order chi connectivity index (χ1) is 13.5. The van der Waals surface area contributed by atoms with Crippen LogP contribution in [0.25, 0.3) is 0 Å². The molecule has 0 aromatic heterocycles. The van der Waals surface area contributed by atoms with Crippen LogP contribution in [0.4, 0.5) is 0 Å². The first-order valence-electron chi connectivity index (χ1n) is 9.81. The molecule has 0 spiro atoms. The Morgan fingerprint density at radius 1 is 1.17 bits per heavy atom. The minimum atomic E-state index is -2.08. The molecule has 0 aliphatic heterocycles. The maximum atomic E-state index is 11.5. The molecule has 0 amide bonds. The zero-order chi connectivity index (χ0) is 22.1. The summed E-state index contributed by atoms with van der Waals surface area (Å²) in [6, 6.07) is 7.59. The van der Waals surface area contributed by atoms with E-state index >= 15 is 0 Å². The zero-order valence-corrected chi connectivity index (χ0v) is 19.7. The van der Waals surface area contributed by atoms with Crippen LogP contribution in [0, 0.1) is 0 Å². The lowest BCUT2D eigenvalue weighted by atomic mass is 10.1. The maximum absolute atomic E-state index is 11.5. The average Bonchev–Trinajstić information content (AvgIpc) is 2.65. The molecule has 1 aromatic rings. The van der Waals surface area contributed by atoms with Gasteiger partial charge in [0.05, 0.1) is 39.6 Å². The van der Waals surface area contributed by atoms with Gasteiger partial charge in [0.15, 0.2) is 8.32 Å². The van der Waals surface area contributed by atoms with Crippen LogP contribution in [0.3, 0.4) is 0 Å². The van der Waals surface area contributed by atoms with Crippen molar-refractivity contribution in [3.63, 3.8) is 0 Å². The van der Waals surface area contributed by atoms with E-state index in [0.717, 1.165) is 11.3 Å². The highest BCUT2D eigenvalue weighted by atomic mass is 28.4. The number of aliphatic hydroxyl groups excluding tert-OH is 1. The molecule has 0 saturated carbocycles. The number of hydrogen-bond donors (Lipinski definition) is 1. The molecule has 0 saturated heterocycles. The third-order valence-electron chi connectivity index (χ3n) is 5.14. The van der Waals surface area contributed by atoms with E-state index in [9.17, 15) is 9.90 Å². The van der Waals surface area contributed by atoms with Crippen molar-refractivity contribution in [3.8, 4) is 5.75 Å². The van der Waals surface area contributed by atoms with Gasteiger partial charge in [0.1, 0.15) is 5.75 Å². The Hall–Kier alpha value is -1.67. The number of rotatable bonds is 11. The predicted octanol–water partition coefficient (Wildman–Crippen LogP) is 4.08. The summed E-state index contributed by atoms with van der Waals surface area (Å²) in [7, 11) is 0.878. The lowest BCUT2D eigenvalue weighted by Crippen LogP contribution is -2.44. The lowest BCUT2D eigenvalue weighted by Gasteiger charge is -2.39. The van der Waals surface area contributed by atoms with Crippen LogP contribution in [0.2, 0.25) is 18.1 Å². The van der Waals surface area contributed by atoms with E-state index in [-0.39, 0.29) is 11.6 Å². The van der Waals surface area contributed by atoms with Crippen molar-refractivity contribution in [2.75, 3.05) is 20.8 Å². The molecule has 164 valence electrons. The van der Waals surface area contributed by atoms with Crippen molar-refractivity contribution in [2.24, 2.45) is 0 Å². The molecule has 2 atom stereocenters. The molecule has 0 heterocycles. The van der Waals surface area contributed by atoms with Crippen molar-refractivity contribution in [2.45, 2.75) is 64.1 Å². The van der Waals surface area contributed by atoms with Crippen LogP contribution in [0.5, 0.6) is 5.75 Å². The van der Waals surface area contributed by atoms with Crippen molar-refractivity contribution in [3.05, 3.63) is 42.0 Å². The minimum Gasteiger partial charge on any atom is -0.497 e. The second-order valence-corrected chi connectivity index (χ2v) is 13.3. The first-order valence-corrected chi connectivity index (χ1v) is 12.7. The van der Waals surface area contributed by atoms with Crippen molar-refractivity contribution >= 4 is 14.3 Å². The van der Waals surface area contributed by atoms with Crippen LogP contribution >= 0.6 is 0 Å². The fourth-order valence-electron chi connectivity index (χ4n) is 2.35. The third-order valence-corrected chi connectivity index (χ3v) is 9.65. The predicted molar refractivity (Wildman–Crippen MR) is 116 cm³/mol. The summed E-state index contributed by atoms with van der Waals surface area (Å²) in [6.07, 6.45) is 2.24.